The van der Waals surface area contributed by atoms with Crippen molar-refractivity contribution in [1.82, 2.24) is 5.06 Å². The van der Waals surface area contributed by atoms with Crippen molar-refractivity contribution in [2.24, 2.45) is 0 Å². The second kappa shape index (κ2) is 6.17. The zero-order valence-corrected chi connectivity index (χ0v) is 11.5. The summed E-state index contributed by atoms with van der Waals surface area (Å²) in [5, 5.41) is 0.299. The smallest absolute Gasteiger partial charge is 0.404 e. The molecule has 1 aromatic rings. The van der Waals surface area contributed by atoms with E-state index in [4.69, 9.17) is 4.74 Å². The molecule has 1 aliphatic heterocycles. The SMILES string of the molecule is CC(=O)Oc1ccc(C(=O)C(=O)ON2C(=O)CCC2=O)cc1. The molecule has 0 spiro atoms. The average Bonchev–Trinajstić information content (AvgIpc) is 2.78. The molecule has 8 heteroatoms. The highest BCUT2D eigenvalue weighted by Crippen LogP contribution is 2.15. The predicted octanol–water partition coefficient (Wildman–Crippen LogP) is 0.402. The maximum Gasteiger partial charge on any atom is 0.404 e. The molecule has 1 aliphatic rings. The number of Topliss-reactive ketones (excluding diaryl/α,β-unsaturated/α-hetero) is 1. The van der Waals surface area contributed by atoms with Gasteiger partial charge in [-0.1, -0.05) is 0 Å². The molecule has 0 aliphatic carbocycles. The Morgan fingerprint density at radius 3 is 2.05 bits per heavy atom. The van der Waals surface area contributed by atoms with Gasteiger partial charge < -0.3 is 9.57 Å². The normalized spacial score (nSPS) is 14.0. The molecular formula is C14H11NO7. The molecule has 2 rings (SSSR count). The van der Waals surface area contributed by atoms with Crippen LogP contribution in [0.2, 0.25) is 0 Å². The van der Waals surface area contributed by atoms with Gasteiger partial charge in [0.05, 0.1) is 0 Å². The van der Waals surface area contributed by atoms with Gasteiger partial charge >= 0.3 is 11.9 Å². The molecule has 0 bridgehead atoms. The maximum absolute atomic E-state index is 11.8. The van der Waals surface area contributed by atoms with Crippen LogP contribution in [0.3, 0.4) is 0 Å². The van der Waals surface area contributed by atoms with Crippen LogP contribution in [0.4, 0.5) is 0 Å². The van der Waals surface area contributed by atoms with Crippen LogP contribution in [-0.2, 0) is 24.0 Å². The lowest BCUT2D eigenvalue weighted by Crippen LogP contribution is -2.34. The molecule has 114 valence electrons. The first kappa shape index (κ1) is 15.4. The first-order valence-corrected chi connectivity index (χ1v) is 6.29. The van der Waals surface area contributed by atoms with Crippen molar-refractivity contribution >= 4 is 29.5 Å². The Morgan fingerprint density at radius 2 is 1.55 bits per heavy atom. The van der Waals surface area contributed by atoms with E-state index in [0.29, 0.717) is 5.06 Å². The first-order chi connectivity index (χ1) is 10.4. The zero-order chi connectivity index (χ0) is 16.3. The first-order valence-electron chi connectivity index (χ1n) is 6.29. The summed E-state index contributed by atoms with van der Waals surface area (Å²) in [4.78, 5) is 61.4. The molecule has 0 unspecified atom stereocenters. The monoisotopic (exact) mass is 305 g/mol. The standard InChI is InChI=1S/C14H11NO7/c1-8(16)21-10-4-2-9(3-5-10)13(19)14(20)22-15-11(17)6-7-12(15)18/h2-5H,6-7H2,1H3. The van der Waals surface area contributed by atoms with Gasteiger partial charge in [0.25, 0.3) is 17.6 Å². The van der Waals surface area contributed by atoms with E-state index < -0.39 is 29.5 Å². The highest BCUT2D eigenvalue weighted by atomic mass is 16.7. The van der Waals surface area contributed by atoms with Gasteiger partial charge in [-0.2, -0.15) is 0 Å². The van der Waals surface area contributed by atoms with Crippen LogP contribution < -0.4 is 4.74 Å². The molecule has 1 heterocycles. The highest BCUT2D eigenvalue weighted by molar-refractivity contribution is 6.40. The van der Waals surface area contributed by atoms with Crippen molar-refractivity contribution in [2.75, 3.05) is 0 Å². The number of hydroxylamine groups is 2. The van der Waals surface area contributed by atoms with Crippen LogP contribution in [0.1, 0.15) is 30.1 Å². The van der Waals surface area contributed by atoms with E-state index in [9.17, 15) is 24.0 Å². The van der Waals surface area contributed by atoms with Crippen molar-refractivity contribution < 1.29 is 33.5 Å². The van der Waals surface area contributed by atoms with Gasteiger partial charge in [-0.05, 0) is 24.3 Å². The molecule has 1 fully saturated rings. The van der Waals surface area contributed by atoms with Crippen LogP contribution in [0, 0.1) is 0 Å². The topological polar surface area (TPSA) is 107 Å². The second-order valence-corrected chi connectivity index (χ2v) is 4.41. The van der Waals surface area contributed by atoms with Gasteiger partial charge in [0.15, 0.2) is 0 Å². The Kier molecular flexibility index (Phi) is 4.31. The summed E-state index contributed by atoms with van der Waals surface area (Å²) >= 11 is 0. The lowest BCUT2D eigenvalue weighted by molar-refractivity contribution is -0.193. The number of carbonyl (C=O) groups excluding carboxylic acids is 5. The van der Waals surface area contributed by atoms with E-state index in [-0.39, 0.29) is 24.2 Å². The number of esters is 1. The minimum absolute atomic E-state index is 0.0278. The maximum atomic E-state index is 11.8. The van der Waals surface area contributed by atoms with Crippen LogP contribution >= 0.6 is 0 Å². The number of rotatable bonds is 4. The fraction of sp³-hybridized carbons (Fsp3) is 0.214. The van der Waals surface area contributed by atoms with Gasteiger partial charge in [0.1, 0.15) is 5.75 Å². The van der Waals surface area contributed by atoms with E-state index in [1.807, 2.05) is 0 Å². The van der Waals surface area contributed by atoms with Crippen LogP contribution in [-0.4, -0.2) is 34.6 Å². The number of imide groups is 1. The summed E-state index contributed by atoms with van der Waals surface area (Å²) < 4.78 is 4.78. The van der Waals surface area contributed by atoms with Crippen molar-refractivity contribution in [3.05, 3.63) is 29.8 Å². The average molecular weight is 305 g/mol. The number of hydrogen-bond donors (Lipinski definition) is 0. The summed E-state index contributed by atoms with van der Waals surface area (Å²) in [6.07, 6.45) is -0.116. The fourth-order valence-corrected chi connectivity index (χ4v) is 1.74. The van der Waals surface area contributed by atoms with Crippen LogP contribution in [0.25, 0.3) is 0 Å². The number of carbonyl (C=O) groups is 5. The predicted molar refractivity (Wildman–Crippen MR) is 69.3 cm³/mol. The lowest BCUT2D eigenvalue weighted by Gasteiger charge is -2.11. The van der Waals surface area contributed by atoms with Gasteiger partial charge in [-0.25, -0.2) is 4.79 Å². The lowest BCUT2D eigenvalue weighted by atomic mass is 10.1. The van der Waals surface area contributed by atoms with Gasteiger partial charge in [-0.15, -0.1) is 5.06 Å². The van der Waals surface area contributed by atoms with E-state index in [1.165, 1.54) is 31.2 Å². The molecule has 0 radical (unpaired) electrons. The molecule has 0 atom stereocenters. The van der Waals surface area contributed by atoms with Gasteiger partial charge in [-0.3, -0.25) is 19.2 Å². The molecule has 0 N–H and O–H groups in total. The van der Waals surface area contributed by atoms with Crippen molar-refractivity contribution in [2.45, 2.75) is 19.8 Å². The summed E-state index contributed by atoms with van der Waals surface area (Å²) in [5.41, 5.74) is -0.0278. The molecule has 1 aromatic carbocycles. The van der Waals surface area contributed by atoms with Crippen LogP contribution in [0.5, 0.6) is 5.75 Å². The zero-order valence-electron chi connectivity index (χ0n) is 11.5. The second-order valence-electron chi connectivity index (χ2n) is 4.41. The number of hydrogen-bond acceptors (Lipinski definition) is 7. The number of nitrogens with zero attached hydrogens (tertiary/aromatic N) is 1. The minimum Gasteiger partial charge on any atom is -0.427 e. The van der Waals surface area contributed by atoms with E-state index >= 15 is 0 Å². The summed E-state index contributed by atoms with van der Waals surface area (Å²) in [7, 11) is 0. The summed E-state index contributed by atoms with van der Waals surface area (Å²) in [6, 6.07) is 5.17. The number of ketones is 1. The molecule has 1 saturated heterocycles. The van der Waals surface area contributed by atoms with E-state index in [1.54, 1.807) is 0 Å². The summed E-state index contributed by atoms with van der Waals surface area (Å²) in [6.45, 7) is 1.22. The molecule has 0 saturated carbocycles. The fourth-order valence-electron chi connectivity index (χ4n) is 1.74. The minimum atomic E-state index is -1.34. The largest absolute Gasteiger partial charge is 0.427 e. The third-order valence-corrected chi connectivity index (χ3v) is 2.74. The van der Waals surface area contributed by atoms with E-state index in [2.05, 4.69) is 4.84 Å². The molecule has 0 aromatic heterocycles. The number of benzene rings is 1. The number of ether oxygens (including phenoxy) is 1. The Balaban J connectivity index is 2.04. The summed E-state index contributed by atoms with van der Waals surface area (Å²) in [5.74, 6) is -4.02. The van der Waals surface area contributed by atoms with Gasteiger partial charge in [0, 0.05) is 25.3 Å². The quantitative estimate of drug-likeness (QED) is 0.260. The molecule has 22 heavy (non-hydrogen) atoms. The highest BCUT2D eigenvalue weighted by Gasteiger charge is 2.34. The Bertz CT molecular complexity index is 646. The van der Waals surface area contributed by atoms with Crippen molar-refractivity contribution in [3.63, 3.8) is 0 Å². The Labute approximate surface area is 124 Å². The molecular weight excluding hydrogens is 294 g/mol. The van der Waals surface area contributed by atoms with Crippen molar-refractivity contribution in [1.29, 1.82) is 0 Å². The van der Waals surface area contributed by atoms with Crippen molar-refractivity contribution in [3.8, 4) is 5.75 Å². The third-order valence-electron chi connectivity index (χ3n) is 2.74. The number of amides is 2. The van der Waals surface area contributed by atoms with Crippen LogP contribution in [0.15, 0.2) is 24.3 Å². The van der Waals surface area contributed by atoms with Gasteiger partial charge in [0.2, 0.25) is 0 Å². The third kappa shape index (κ3) is 3.35. The molecule has 2 amide bonds. The molecule has 8 nitrogen and oxygen atoms in total. The Morgan fingerprint density at radius 1 is 1.00 bits per heavy atom. The Hall–Kier alpha value is -3.03. The van der Waals surface area contributed by atoms with E-state index in [0.717, 1.165) is 0 Å².